The Bertz CT molecular complexity index is 316. The lowest BCUT2D eigenvalue weighted by atomic mass is 9.86. The topological polar surface area (TPSA) is 87.7 Å². The van der Waals surface area contributed by atoms with Gasteiger partial charge >= 0.3 is 12.0 Å². The normalized spacial score (nSPS) is 23.9. The van der Waals surface area contributed by atoms with Crippen LogP contribution in [0.1, 0.15) is 45.4 Å². The van der Waals surface area contributed by atoms with Crippen molar-refractivity contribution in [1.29, 1.82) is 0 Å². The number of nitrogens with one attached hydrogen (secondary N) is 2. The molecule has 0 bridgehead atoms. The summed E-state index contributed by atoms with van der Waals surface area (Å²) in [5.41, 5.74) is 0. The van der Waals surface area contributed by atoms with Crippen molar-refractivity contribution < 1.29 is 19.4 Å². The maximum atomic E-state index is 11.9. The van der Waals surface area contributed by atoms with Crippen molar-refractivity contribution in [3.05, 3.63) is 0 Å². The fourth-order valence-corrected chi connectivity index (χ4v) is 2.70. The van der Waals surface area contributed by atoms with Gasteiger partial charge in [0.05, 0.1) is 18.6 Å². The van der Waals surface area contributed by atoms with E-state index < -0.39 is 5.97 Å². The number of methoxy groups -OCH3 is 1. The van der Waals surface area contributed by atoms with Crippen LogP contribution in [0, 0.1) is 5.92 Å². The second-order valence-electron chi connectivity index (χ2n) is 5.46. The molecule has 0 heterocycles. The number of aliphatic carboxylic acids is 1. The monoisotopic (exact) mass is 286 g/mol. The van der Waals surface area contributed by atoms with Crippen LogP contribution in [0.2, 0.25) is 0 Å². The Hall–Kier alpha value is -1.30. The van der Waals surface area contributed by atoms with E-state index in [-0.39, 0.29) is 24.0 Å². The Balaban J connectivity index is 2.38. The van der Waals surface area contributed by atoms with E-state index in [0.717, 1.165) is 25.7 Å². The molecule has 0 spiro atoms. The maximum absolute atomic E-state index is 11.9. The van der Waals surface area contributed by atoms with Crippen molar-refractivity contribution in [2.75, 3.05) is 13.7 Å². The predicted molar refractivity (Wildman–Crippen MR) is 75.6 cm³/mol. The zero-order valence-electron chi connectivity index (χ0n) is 12.4. The first-order valence-corrected chi connectivity index (χ1v) is 7.35. The Morgan fingerprint density at radius 1 is 1.40 bits per heavy atom. The molecule has 0 aromatic carbocycles. The van der Waals surface area contributed by atoms with E-state index in [1.54, 1.807) is 7.11 Å². The summed E-state index contributed by atoms with van der Waals surface area (Å²) in [7, 11) is 1.61. The molecule has 116 valence electrons. The summed E-state index contributed by atoms with van der Waals surface area (Å²) in [6, 6.07) is -0.268. The van der Waals surface area contributed by atoms with E-state index >= 15 is 0 Å². The molecule has 6 nitrogen and oxygen atoms in total. The standard InChI is InChI=1S/C14H26N2O4/c1-3-5-12(9-20-2)16-14(19)15-11-7-4-6-10(8-11)13(17)18/h10-12H,3-9H2,1-2H3,(H,17,18)(H2,15,16,19). The molecule has 3 N–H and O–H groups in total. The minimum atomic E-state index is -0.764. The minimum absolute atomic E-state index is 0.00358. The first-order chi connectivity index (χ1) is 9.56. The van der Waals surface area contributed by atoms with Crippen molar-refractivity contribution in [3.8, 4) is 0 Å². The molecule has 0 aromatic heterocycles. The molecule has 2 amide bonds. The highest BCUT2D eigenvalue weighted by molar-refractivity contribution is 5.75. The largest absolute Gasteiger partial charge is 0.481 e. The van der Waals surface area contributed by atoms with Gasteiger partial charge in [0.25, 0.3) is 0 Å². The minimum Gasteiger partial charge on any atom is -0.481 e. The third-order valence-electron chi connectivity index (χ3n) is 3.70. The Morgan fingerprint density at radius 2 is 2.15 bits per heavy atom. The van der Waals surface area contributed by atoms with Gasteiger partial charge in [0.15, 0.2) is 0 Å². The molecule has 1 aliphatic rings. The number of hydrogen-bond acceptors (Lipinski definition) is 3. The van der Waals surface area contributed by atoms with Gasteiger partial charge in [0.1, 0.15) is 0 Å². The van der Waals surface area contributed by atoms with Crippen molar-refractivity contribution in [2.24, 2.45) is 5.92 Å². The van der Waals surface area contributed by atoms with Gasteiger partial charge in [-0.25, -0.2) is 4.79 Å². The molecule has 1 rings (SSSR count). The quantitative estimate of drug-likeness (QED) is 0.665. The van der Waals surface area contributed by atoms with Crippen LogP contribution in [0.3, 0.4) is 0 Å². The zero-order chi connectivity index (χ0) is 15.0. The first-order valence-electron chi connectivity index (χ1n) is 7.35. The van der Waals surface area contributed by atoms with Crippen LogP contribution in [0.4, 0.5) is 4.79 Å². The summed E-state index contributed by atoms with van der Waals surface area (Å²) in [4.78, 5) is 22.9. The van der Waals surface area contributed by atoms with Crippen LogP contribution in [0.5, 0.6) is 0 Å². The number of carbonyl (C=O) groups is 2. The molecule has 0 aromatic rings. The van der Waals surface area contributed by atoms with E-state index in [9.17, 15) is 9.59 Å². The van der Waals surface area contributed by atoms with E-state index in [0.29, 0.717) is 19.4 Å². The van der Waals surface area contributed by atoms with Gasteiger partial charge in [-0.05, 0) is 25.7 Å². The Morgan fingerprint density at radius 3 is 2.75 bits per heavy atom. The summed E-state index contributed by atoms with van der Waals surface area (Å²) in [5, 5.41) is 14.8. The van der Waals surface area contributed by atoms with E-state index in [2.05, 4.69) is 17.6 Å². The van der Waals surface area contributed by atoms with Crippen molar-refractivity contribution >= 4 is 12.0 Å². The second-order valence-corrected chi connectivity index (χ2v) is 5.46. The Kier molecular flexibility index (Phi) is 7.36. The molecule has 6 heteroatoms. The van der Waals surface area contributed by atoms with Gasteiger partial charge < -0.3 is 20.5 Å². The molecule has 3 unspecified atom stereocenters. The highest BCUT2D eigenvalue weighted by Crippen LogP contribution is 2.24. The van der Waals surface area contributed by atoms with E-state index in [1.807, 2.05) is 0 Å². The lowest BCUT2D eigenvalue weighted by Crippen LogP contribution is -2.49. The molecule has 0 saturated heterocycles. The van der Waals surface area contributed by atoms with E-state index in [4.69, 9.17) is 9.84 Å². The number of carbonyl (C=O) groups excluding carboxylic acids is 1. The number of rotatable bonds is 7. The Labute approximate surface area is 120 Å². The van der Waals surface area contributed by atoms with Crippen LogP contribution < -0.4 is 10.6 Å². The molecule has 0 radical (unpaired) electrons. The molecule has 1 fully saturated rings. The van der Waals surface area contributed by atoms with Gasteiger partial charge in [0.2, 0.25) is 0 Å². The van der Waals surface area contributed by atoms with Gasteiger partial charge in [-0.15, -0.1) is 0 Å². The van der Waals surface area contributed by atoms with Crippen molar-refractivity contribution in [1.82, 2.24) is 10.6 Å². The van der Waals surface area contributed by atoms with E-state index in [1.165, 1.54) is 0 Å². The first kappa shape index (κ1) is 16.8. The smallest absolute Gasteiger partial charge is 0.315 e. The molecule has 1 aliphatic carbocycles. The van der Waals surface area contributed by atoms with Crippen LogP contribution in [0.15, 0.2) is 0 Å². The van der Waals surface area contributed by atoms with Crippen molar-refractivity contribution in [2.45, 2.75) is 57.5 Å². The highest BCUT2D eigenvalue weighted by Gasteiger charge is 2.28. The number of urea groups is 1. The average Bonchev–Trinajstić information content (AvgIpc) is 2.39. The molecule has 20 heavy (non-hydrogen) atoms. The summed E-state index contributed by atoms with van der Waals surface area (Å²) in [6.07, 6.45) is 4.75. The number of carboxylic acid groups (broad SMARTS) is 1. The predicted octanol–water partition coefficient (Wildman–Crippen LogP) is 1.74. The zero-order valence-corrected chi connectivity index (χ0v) is 12.4. The second kappa shape index (κ2) is 8.79. The fraction of sp³-hybridized carbons (Fsp3) is 0.857. The fourth-order valence-electron chi connectivity index (χ4n) is 2.70. The lowest BCUT2D eigenvalue weighted by molar-refractivity contribution is -0.143. The third kappa shape index (κ3) is 5.77. The maximum Gasteiger partial charge on any atom is 0.315 e. The molecule has 3 atom stereocenters. The summed E-state index contributed by atoms with van der Waals surface area (Å²) < 4.78 is 5.08. The summed E-state index contributed by atoms with van der Waals surface area (Å²) >= 11 is 0. The van der Waals surface area contributed by atoms with Gasteiger partial charge in [-0.3, -0.25) is 4.79 Å². The van der Waals surface area contributed by atoms with Gasteiger partial charge in [0, 0.05) is 13.2 Å². The van der Waals surface area contributed by atoms with Gasteiger partial charge in [-0.2, -0.15) is 0 Å². The molecular weight excluding hydrogens is 260 g/mol. The number of carboxylic acids is 1. The van der Waals surface area contributed by atoms with Gasteiger partial charge in [-0.1, -0.05) is 19.8 Å². The summed E-state index contributed by atoms with van der Waals surface area (Å²) in [6.45, 7) is 2.55. The van der Waals surface area contributed by atoms with Crippen LogP contribution in [-0.4, -0.2) is 42.9 Å². The average molecular weight is 286 g/mol. The van der Waals surface area contributed by atoms with Crippen LogP contribution in [-0.2, 0) is 9.53 Å². The lowest BCUT2D eigenvalue weighted by Gasteiger charge is -2.28. The number of ether oxygens (including phenoxy) is 1. The SMILES string of the molecule is CCCC(COC)NC(=O)NC1CCCC(C(=O)O)C1. The van der Waals surface area contributed by atoms with Crippen LogP contribution in [0.25, 0.3) is 0 Å². The number of hydrogen-bond donors (Lipinski definition) is 3. The number of amides is 2. The van der Waals surface area contributed by atoms with Crippen molar-refractivity contribution in [3.63, 3.8) is 0 Å². The molecular formula is C14H26N2O4. The third-order valence-corrected chi connectivity index (χ3v) is 3.70. The van der Waals surface area contributed by atoms with Crippen LogP contribution >= 0.6 is 0 Å². The molecule has 0 aliphatic heterocycles. The highest BCUT2D eigenvalue weighted by atomic mass is 16.5. The summed E-state index contributed by atoms with van der Waals surface area (Å²) in [5.74, 6) is -1.10. The molecule has 1 saturated carbocycles.